The number of methoxy groups -OCH3 is 1. The maximum atomic E-state index is 11.9. The fourth-order valence-electron chi connectivity index (χ4n) is 1.34. The average Bonchev–Trinajstić information content (AvgIpc) is 2.91. The molecule has 0 fully saturated rings. The van der Waals surface area contributed by atoms with Gasteiger partial charge in [-0.25, -0.2) is 0 Å². The van der Waals surface area contributed by atoms with Gasteiger partial charge in [0.15, 0.2) is 11.9 Å². The number of hydrogen-bond donors (Lipinski definition) is 0. The van der Waals surface area contributed by atoms with Crippen LogP contribution in [0.2, 0.25) is 0 Å². The molecule has 4 nitrogen and oxygen atoms in total. The van der Waals surface area contributed by atoms with Crippen LogP contribution >= 0.6 is 0 Å². The molecule has 2 rings (SSSR count). The zero-order valence-corrected chi connectivity index (χ0v) is 8.17. The zero-order valence-electron chi connectivity index (χ0n) is 8.17. The van der Waals surface area contributed by atoms with E-state index in [1.165, 1.54) is 19.6 Å². The molecule has 0 spiro atoms. The predicted octanol–water partition coefficient (Wildman–Crippen LogP) is 2.44. The molecule has 78 valence electrons. The number of carbonyl (C=O) groups excluding carboxylic acids is 1. The Balaban J connectivity index is 2.25. The first-order valence-corrected chi connectivity index (χ1v) is 4.47. The van der Waals surface area contributed by atoms with Crippen LogP contribution in [0.3, 0.4) is 0 Å². The molecule has 2 heterocycles. The summed E-state index contributed by atoms with van der Waals surface area (Å²) in [5.74, 6) is 0.481. The van der Waals surface area contributed by atoms with Crippen LogP contribution in [0.15, 0.2) is 45.6 Å². The third kappa shape index (κ3) is 1.85. The highest BCUT2D eigenvalue weighted by molar-refractivity contribution is 5.97. The molecule has 0 aliphatic rings. The lowest BCUT2D eigenvalue weighted by Crippen LogP contribution is -2.13. The van der Waals surface area contributed by atoms with Gasteiger partial charge < -0.3 is 13.6 Å². The second-order valence-corrected chi connectivity index (χ2v) is 2.97. The van der Waals surface area contributed by atoms with Gasteiger partial charge in [-0.3, -0.25) is 4.79 Å². The molecule has 2 aromatic heterocycles. The Morgan fingerprint density at radius 2 is 2.00 bits per heavy atom. The number of Topliss-reactive ketones (excluding diaryl/α,β-unsaturated/α-hetero) is 1. The molecule has 0 saturated heterocycles. The summed E-state index contributed by atoms with van der Waals surface area (Å²) in [6.45, 7) is 0. The van der Waals surface area contributed by atoms with Gasteiger partial charge in [0.1, 0.15) is 5.76 Å². The molecule has 15 heavy (non-hydrogen) atoms. The third-order valence-corrected chi connectivity index (χ3v) is 2.04. The lowest BCUT2D eigenvalue weighted by Gasteiger charge is -2.09. The molecule has 2 aromatic rings. The maximum absolute atomic E-state index is 11.9. The highest BCUT2D eigenvalue weighted by Gasteiger charge is 2.25. The average molecular weight is 206 g/mol. The normalized spacial score (nSPS) is 12.6. The van der Waals surface area contributed by atoms with E-state index in [4.69, 9.17) is 13.6 Å². The van der Waals surface area contributed by atoms with Crippen molar-refractivity contribution in [1.29, 1.82) is 0 Å². The molecular weight excluding hydrogens is 196 g/mol. The minimum atomic E-state index is -0.744. The molecule has 1 atom stereocenters. The minimum absolute atomic E-state index is 0.252. The van der Waals surface area contributed by atoms with Crippen molar-refractivity contribution < 1.29 is 18.4 Å². The molecule has 0 aromatic carbocycles. The molecule has 0 N–H and O–H groups in total. The van der Waals surface area contributed by atoms with E-state index in [9.17, 15) is 4.79 Å². The van der Waals surface area contributed by atoms with Crippen molar-refractivity contribution >= 4 is 5.78 Å². The van der Waals surface area contributed by atoms with Gasteiger partial charge in [0.25, 0.3) is 0 Å². The Kier molecular flexibility index (Phi) is 2.69. The van der Waals surface area contributed by atoms with Gasteiger partial charge >= 0.3 is 0 Å². The second kappa shape index (κ2) is 4.14. The topological polar surface area (TPSA) is 52.6 Å². The minimum Gasteiger partial charge on any atom is -0.466 e. The molecule has 0 radical (unpaired) electrons. The largest absolute Gasteiger partial charge is 0.466 e. The van der Waals surface area contributed by atoms with E-state index in [2.05, 4.69) is 0 Å². The molecular formula is C11H10O4. The fourth-order valence-corrected chi connectivity index (χ4v) is 1.34. The van der Waals surface area contributed by atoms with Crippen LogP contribution in [0, 0.1) is 0 Å². The van der Waals surface area contributed by atoms with Gasteiger partial charge in [0, 0.05) is 7.11 Å². The lowest BCUT2D eigenvalue weighted by molar-refractivity contribution is 0.0511. The number of carbonyl (C=O) groups is 1. The number of rotatable bonds is 4. The van der Waals surface area contributed by atoms with Gasteiger partial charge in [-0.1, -0.05) is 0 Å². The van der Waals surface area contributed by atoms with Gasteiger partial charge in [0.2, 0.25) is 5.78 Å². The summed E-state index contributed by atoms with van der Waals surface area (Å²) in [6.07, 6.45) is 2.20. The predicted molar refractivity (Wildman–Crippen MR) is 51.5 cm³/mol. The number of ether oxygens (including phenoxy) is 1. The number of hydrogen-bond acceptors (Lipinski definition) is 4. The lowest BCUT2D eigenvalue weighted by atomic mass is 10.1. The SMILES string of the molecule is COC(C(=O)c1ccco1)c1ccco1. The van der Waals surface area contributed by atoms with E-state index in [0.717, 1.165) is 0 Å². The van der Waals surface area contributed by atoms with E-state index < -0.39 is 6.10 Å². The van der Waals surface area contributed by atoms with E-state index in [0.29, 0.717) is 5.76 Å². The Morgan fingerprint density at radius 3 is 2.53 bits per heavy atom. The Labute approximate surface area is 86.4 Å². The summed E-state index contributed by atoms with van der Waals surface area (Å²) in [7, 11) is 1.45. The first kappa shape index (κ1) is 9.73. The van der Waals surface area contributed by atoms with Crippen LogP contribution in [-0.4, -0.2) is 12.9 Å². The summed E-state index contributed by atoms with van der Waals surface area (Å²) in [6, 6.07) is 6.64. The van der Waals surface area contributed by atoms with Crippen molar-refractivity contribution in [3.63, 3.8) is 0 Å². The van der Waals surface area contributed by atoms with Gasteiger partial charge in [-0.05, 0) is 24.3 Å². The highest BCUT2D eigenvalue weighted by Crippen LogP contribution is 2.22. The quantitative estimate of drug-likeness (QED) is 0.721. The fraction of sp³-hybridized carbons (Fsp3) is 0.182. The van der Waals surface area contributed by atoms with Crippen molar-refractivity contribution in [2.24, 2.45) is 0 Å². The van der Waals surface area contributed by atoms with Crippen molar-refractivity contribution in [3.05, 3.63) is 48.3 Å². The van der Waals surface area contributed by atoms with E-state index in [1.807, 2.05) is 0 Å². The standard InChI is InChI=1S/C11H10O4/c1-13-11(9-5-3-7-15-9)10(12)8-4-2-6-14-8/h2-7,11H,1H3. The molecule has 0 saturated carbocycles. The third-order valence-electron chi connectivity index (χ3n) is 2.04. The van der Waals surface area contributed by atoms with Crippen molar-refractivity contribution in [2.75, 3.05) is 7.11 Å². The van der Waals surface area contributed by atoms with Crippen molar-refractivity contribution in [3.8, 4) is 0 Å². The first-order valence-electron chi connectivity index (χ1n) is 4.47. The van der Waals surface area contributed by atoms with Gasteiger partial charge in [-0.2, -0.15) is 0 Å². The first-order chi connectivity index (χ1) is 7.33. The Bertz CT molecular complexity index is 413. The van der Waals surface area contributed by atoms with Crippen LogP contribution in [-0.2, 0) is 4.74 Å². The molecule has 4 heteroatoms. The zero-order chi connectivity index (χ0) is 10.7. The summed E-state index contributed by atoms with van der Waals surface area (Å²) < 4.78 is 15.2. The van der Waals surface area contributed by atoms with Crippen molar-refractivity contribution in [1.82, 2.24) is 0 Å². The van der Waals surface area contributed by atoms with E-state index >= 15 is 0 Å². The number of ketones is 1. The van der Waals surface area contributed by atoms with Crippen LogP contribution in [0.1, 0.15) is 22.4 Å². The van der Waals surface area contributed by atoms with Crippen LogP contribution in [0.25, 0.3) is 0 Å². The second-order valence-electron chi connectivity index (χ2n) is 2.97. The van der Waals surface area contributed by atoms with Gasteiger partial charge in [-0.15, -0.1) is 0 Å². The summed E-state index contributed by atoms with van der Waals surface area (Å²) in [4.78, 5) is 11.9. The molecule has 1 unspecified atom stereocenters. The van der Waals surface area contributed by atoms with E-state index in [1.54, 1.807) is 24.3 Å². The summed E-state index contributed by atoms with van der Waals surface area (Å²) >= 11 is 0. The maximum Gasteiger partial charge on any atom is 0.234 e. The number of furan rings is 2. The summed E-state index contributed by atoms with van der Waals surface area (Å²) in [5, 5.41) is 0. The van der Waals surface area contributed by atoms with Crippen LogP contribution in [0.5, 0.6) is 0 Å². The van der Waals surface area contributed by atoms with Crippen LogP contribution < -0.4 is 0 Å². The summed E-state index contributed by atoms with van der Waals surface area (Å²) in [5.41, 5.74) is 0. The van der Waals surface area contributed by atoms with Gasteiger partial charge in [0.05, 0.1) is 12.5 Å². The molecule has 0 amide bonds. The molecule has 0 bridgehead atoms. The molecule has 0 aliphatic heterocycles. The molecule has 0 aliphatic carbocycles. The van der Waals surface area contributed by atoms with Crippen LogP contribution in [0.4, 0.5) is 0 Å². The highest BCUT2D eigenvalue weighted by atomic mass is 16.5. The monoisotopic (exact) mass is 206 g/mol. The smallest absolute Gasteiger partial charge is 0.234 e. The van der Waals surface area contributed by atoms with E-state index in [-0.39, 0.29) is 11.5 Å². The Morgan fingerprint density at radius 1 is 1.27 bits per heavy atom. The van der Waals surface area contributed by atoms with Crippen molar-refractivity contribution in [2.45, 2.75) is 6.10 Å². The Hall–Kier alpha value is -1.81.